The van der Waals surface area contributed by atoms with Crippen molar-refractivity contribution in [2.45, 2.75) is 43.0 Å². The molecule has 1 aromatic carbocycles. The van der Waals surface area contributed by atoms with Crippen LogP contribution < -0.4 is 5.32 Å². The van der Waals surface area contributed by atoms with Crippen molar-refractivity contribution in [3.8, 4) is 0 Å². The van der Waals surface area contributed by atoms with Crippen LogP contribution in [0, 0.1) is 0 Å². The fourth-order valence-electron chi connectivity index (χ4n) is 3.52. The molecule has 2 aromatic rings. The Morgan fingerprint density at radius 1 is 1.23 bits per heavy atom. The van der Waals surface area contributed by atoms with Crippen molar-refractivity contribution in [1.82, 2.24) is 9.29 Å². The summed E-state index contributed by atoms with van der Waals surface area (Å²) in [6, 6.07) is 3.89. The summed E-state index contributed by atoms with van der Waals surface area (Å²) in [5, 5.41) is 4.77. The van der Waals surface area contributed by atoms with Gasteiger partial charge < -0.3 is 0 Å². The maximum absolute atomic E-state index is 12.9. The maximum Gasteiger partial charge on any atom is 0.269 e. The van der Waals surface area contributed by atoms with Crippen molar-refractivity contribution in [2.75, 3.05) is 5.32 Å². The van der Waals surface area contributed by atoms with Gasteiger partial charge in [-0.1, -0.05) is 19.3 Å². The van der Waals surface area contributed by atoms with E-state index < -0.39 is 21.8 Å². The number of rotatable bonds is 3. The van der Waals surface area contributed by atoms with Gasteiger partial charge in [-0.15, -0.1) is 11.3 Å². The molecule has 0 saturated heterocycles. The van der Waals surface area contributed by atoms with Crippen LogP contribution in [0.4, 0.5) is 5.13 Å². The van der Waals surface area contributed by atoms with Gasteiger partial charge in [0, 0.05) is 23.2 Å². The van der Waals surface area contributed by atoms with E-state index in [0.717, 1.165) is 23.6 Å². The Balaban J connectivity index is 1.67. The van der Waals surface area contributed by atoms with Gasteiger partial charge in [0.1, 0.15) is 4.90 Å². The third kappa shape index (κ3) is 2.80. The molecule has 1 aromatic heterocycles. The van der Waals surface area contributed by atoms with Crippen LogP contribution in [0.3, 0.4) is 0 Å². The molecular weight excluding hydrogens is 374 g/mol. The molecule has 0 unspecified atom stereocenters. The Bertz CT molecular complexity index is 964. The summed E-state index contributed by atoms with van der Waals surface area (Å²) in [4.78, 5) is 28.9. The number of nitrogens with zero attached hydrogens (tertiary/aromatic N) is 2. The first kappa shape index (κ1) is 17.2. The highest BCUT2D eigenvalue weighted by molar-refractivity contribution is 7.90. The largest absolute Gasteiger partial charge is 0.298 e. The minimum absolute atomic E-state index is 0.0835. The number of benzene rings is 1. The lowest BCUT2D eigenvalue weighted by Gasteiger charge is -2.29. The molecule has 2 aliphatic rings. The summed E-state index contributed by atoms with van der Waals surface area (Å²) in [6.45, 7) is 0. The van der Waals surface area contributed by atoms with Gasteiger partial charge in [-0.2, -0.15) is 0 Å². The number of hydrogen-bond acceptors (Lipinski definition) is 6. The lowest BCUT2D eigenvalue weighted by atomic mass is 9.95. The minimum Gasteiger partial charge on any atom is -0.298 e. The summed E-state index contributed by atoms with van der Waals surface area (Å²) in [6.07, 6.45) is 5.84. The van der Waals surface area contributed by atoms with E-state index in [2.05, 4.69) is 10.3 Å². The van der Waals surface area contributed by atoms with Gasteiger partial charge in [-0.3, -0.25) is 14.9 Å². The van der Waals surface area contributed by atoms with Crippen LogP contribution in [0.1, 0.15) is 52.8 Å². The van der Waals surface area contributed by atoms with E-state index in [1.165, 1.54) is 29.5 Å². The quantitative estimate of drug-likeness (QED) is 0.868. The van der Waals surface area contributed by atoms with Crippen LogP contribution in [0.15, 0.2) is 34.7 Å². The number of aromatic nitrogens is 1. The van der Waals surface area contributed by atoms with Gasteiger partial charge in [0.25, 0.3) is 21.8 Å². The first-order valence-electron chi connectivity index (χ1n) is 8.42. The molecule has 1 N–H and O–H groups in total. The second-order valence-corrected chi connectivity index (χ2v) is 9.08. The third-order valence-electron chi connectivity index (χ3n) is 4.77. The standard InChI is InChI=1S/C17H17N3O4S2/c21-15(19-17-18-8-9-25-17)11-6-7-13-14(10-11)26(23,24)20(16(13)22)12-4-2-1-3-5-12/h6-10,12H,1-5H2,(H,18,19,21). The zero-order valence-corrected chi connectivity index (χ0v) is 15.5. The molecule has 2 heterocycles. The highest BCUT2D eigenvalue weighted by Gasteiger charge is 2.45. The van der Waals surface area contributed by atoms with Gasteiger partial charge >= 0.3 is 0 Å². The van der Waals surface area contributed by atoms with Crippen LogP contribution in [-0.4, -0.2) is 35.6 Å². The van der Waals surface area contributed by atoms with Gasteiger partial charge in [-0.05, 0) is 31.0 Å². The number of hydrogen-bond donors (Lipinski definition) is 1. The fraction of sp³-hybridized carbons (Fsp3) is 0.353. The van der Waals surface area contributed by atoms with Crippen LogP contribution in [0.5, 0.6) is 0 Å². The second kappa shape index (κ2) is 6.48. The molecule has 7 nitrogen and oxygen atoms in total. The average Bonchev–Trinajstić information content (AvgIpc) is 3.21. The zero-order chi connectivity index (χ0) is 18.3. The van der Waals surface area contributed by atoms with Gasteiger partial charge in [-0.25, -0.2) is 17.7 Å². The fourth-order valence-corrected chi connectivity index (χ4v) is 5.88. The van der Waals surface area contributed by atoms with Crippen LogP contribution in [0.2, 0.25) is 0 Å². The number of thiazole rings is 1. The van der Waals surface area contributed by atoms with Crippen molar-refractivity contribution < 1.29 is 18.0 Å². The molecule has 26 heavy (non-hydrogen) atoms. The van der Waals surface area contributed by atoms with E-state index in [0.29, 0.717) is 18.0 Å². The summed E-state index contributed by atoms with van der Waals surface area (Å²) in [7, 11) is -3.92. The van der Waals surface area contributed by atoms with Gasteiger partial charge in [0.2, 0.25) is 0 Å². The Labute approximate surface area is 155 Å². The van der Waals surface area contributed by atoms with Crippen molar-refractivity contribution in [3.05, 3.63) is 40.9 Å². The highest BCUT2D eigenvalue weighted by atomic mass is 32.2. The molecule has 0 radical (unpaired) electrons. The van der Waals surface area contributed by atoms with Crippen LogP contribution in [0.25, 0.3) is 0 Å². The average molecular weight is 391 g/mol. The zero-order valence-electron chi connectivity index (χ0n) is 13.8. The number of carbonyl (C=O) groups excluding carboxylic acids is 2. The van der Waals surface area contributed by atoms with E-state index in [-0.39, 0.29) is 22.1 Å². The number of fused-ring (bicyclic) bond motifs is 1. The summed E-state index contributed by atoms with van der Waals surface area (Å²) < 4.78 is 26.9. The Morgan fingerprint density at radius 3 is 2.69 bits per heavy atom. The first-order chi connectivity index (χ1) is 12.5. The molecule has 1 aliphatic heterocycles. The second-order valence-electron chi connectivity index (χ2n) is 6.40. The number of sulfonamides is 1. The lowest BCUT2D eigenvalue weighted by Crippen LogP contribution is -2.40. The van der Waals surface area contributed by atoms with Crippen LogP contribution >= 0.6 is 11.3 Å². The smallest absolute Gasteiger partial charge is 0.269 e. The van der Waals surface area contributed by atoms with Crippen molar-refractivity contribution in [2.24, 2.45) is 0 Å². The van der Waals surface area contributed by atoms with Crippen molar-refractivity contribution in [3.63, 3.8) is 0 Å². The molecule has 0 bridgehead atoms. The van der Waals surface area contributed by atoms with E-state index in [1.54, 1.807) is 11.6 Å². The normalized spacial score (nSPS) is 19.4. The van der Waals surface area contributed by atoms with E-state index in [9.17, 15) is 18.0 Å². The van der Waals surface area contributed by atoms with E-state index in [1.807, 2.05) is 0 Å². The van der Waals surface area contributed by atoms with E-state index >= 15 is 0 Å². The number of nitrogens with one attached hydrogen (secondary N) is 1. The molecule has 2 amide bonds. The number of anilines is 1. The SMILES string of the molecule is O=C(Nc1nccs1)c1ccc2c(c1)S(=O)(=O)N(C1CCCCC1)C2=O. The predicted octanol–water partition coefficient (Wildman–Crippen LogP) is 2.87. The van der Waals surface area contributed by atoms with Crippen molar-refractivity contribution in [1.29, 1.82) is 0 Å². The lowest BCUT2D eigenvalue weighted by molar-refractivity contribution is 0.0809. The Hall–Kier alpha value is -2.26. The molecule has 136 valence electrons. The number of carbonyl (C=O) groups is 2. The maximum atomic E-state index is 12.9. The van der Waals surface area contributed by atoms with Crippen LogP contribution in [-0.2, 0) is 10.0 Å². The summed E-state index contributed by atoms with van der Waals surface area (Å²) >= 11 is 1.27. The predicted molar refractivity (Wildman–Crippen MR) is 96.7 cm³/mol. The monoisotopic (exact) mass is 391 g/mol. The van der Waals surface area contributed by atoms with E-state index in [4.69, 9.17) is 0 Å². The summed E-state index contributed by atoms with van der Waals surface area (Å²) in [5.41, 5.74) is 0.321. The molecule has 0 atom stereocenters. The number of amides is 2. The van der Waals surface area contributed by atoms with Crippen molar-refractivity contribution >= 4 is 38.3 Å². The molecular formula is C17H17N3O4S2. The Kier molecular flexibility index (Phi) is 4.28. The highest BCUT2D eigenvalue weighted by Crippen LogP contribution is 2.36. The molecule has 1 saturated carbocycles. The third-order valence-corrected chi connectivity index (χ3v) is 7.33. The molecule has 9 heteroatoms. The molecule has 4 rings (SSSR count). The minimum atomic E-state index is -3.92. The Morgan fingerprint density at radius 2 is 2.00 bits per heavy atom. The topological polar surface area (TPSA) is 96.4 Å². The molecule has 0 spiro atoms. The first-order valence-corrected chi connectivity index (χ1v) is 10.7. The summed E-state index contributed by atoms with van der Waals surface area (Å²) in [5.74, 6) is -0.944. The van der Waals surface area contributed by atoms with Gasteiger partial charge in [0.15, 0.2) is 5.13 Å². The molecule has 1 fully saturated rings. The van der Waals surface area contributed by atoms with Gasteiger partial charge in [0.05, 0.1) is 5.56 Å². The molecule has 1 aliphatic carbocycles.